The number of nitrogens with one attached hydrogen (secondary N) is 1. The molecule has 17 heavy (non-hydrogen) atoms. The number of benzene rings is 1. The number of rotatable bonds is 3. The highest BCUT2D eigenvalue weighted by molar-refractivity contribution is 7.13. The van der Waals surface area contributed by atoms with Crippen molar-refractivity contribution in [1.82, 2.24) is 4.98 Å². The number of nitrogens with two attached hydrogens (primary N) is 1. The van der Waals surface area contributed by atoms with Gasteiger partial charge in [0.15, 0.2) is 5.13 Å². The van der Waals surface area contributed by atoms with E-state index in [1.807, 2.05) is 48.5 Å². The standard InChI is InChI=1S/C12H14N4S/c1-8-7-17-12(15-8)16(2)10-5-3-4-9(6-10)11(13)14/h3-7H,1-2H3,(H3,13,14). The summed E-state index contributed by atoms with van der Waals surface area (Å²) < 4.78 is 0. The van der Waals surface area contributed by atoms with E-state index < -0.39 is 0 Å². The first kappa shape index (κ1) is 11.6. The van der Waals surface area contributed by atoms with Gasteiger partial charge in [-0.25, -0.2) is 4.98 Å². The highest BCUT2D eigenvalue weighted by Gasteiger charge is 2.08. The SMILES string of the molecule is Cc1csc(N(C)c2cccc(C(=N)N)c2)n1. The van der Waals surface area contributed by atoms with Gasteiger partial charge in [-0.05, 0) is 19.1 Å². The van der Waals surface area contributed by atoms with Gasteiger partial charge in [0.05, 0.1) is 5.69 Å². The monoisotopic (exact) mass is 246 g/mol. The minimum Gasteiger partial charge on any atom is -0.384 e. The van der Waals surface area contributed by atoms with E-state index in [-0.39, 0.29) is 5.84 Å². The summed E-state index contributed by atoms with van der Waals surface area (Å²) in [5.74, 6) is 0.0792. The van der Waals surface area contributed by atoms with Crippen molar-refractivity contribution in [3.05, 3.63) is 40.9 Å². The smallest absolute Gasteiger partial charge is 0.189 e. The molecule has 0 fully saturated rings. The number of hydrogen-bond acceptors (Lipinski definition) is 4. The van der Waals surface area contributed by atoms with E-state index in [0.717, 1.165) is 22.1 Å². The van der Waals surface area contributed by atoms with Crippen molar-refractivity contribution in [3.63, 3.8) is 0 Å². The Labute approximate surface area is 104 Å². The van der Waals surface area contributed by atoms with Crippen LogP contribution in [-0.2, 0) is 0 Å². The fourth-order valence-electron chi connectivity index (χ4n) is 1.49. The predicted octanol–water partition coefficient (Wildman–Crippen LogP) is 2.50. The first-order valence-corrected chi connectivity index (χ1v) is 6.06. The summed E-state index contributed by atoms with van der Waals surface area (Å²) in [5, 5.41) is 10.4. The van der Waals surface area contributed by atoms with Gasteiger partial charge in [0.1, 0.15) is 5.84 Å². The lowest BCUT2D eigenvalue weighted by atomic mass is 10.2. The maximum Gasteiger partial charge on any atom is 0.189 e. The fraction of sp³-hybridized carbons (Fsp3) is 0.167. The molecule has 0 aliphatic carbocycles. The number of aromatic nitrogens is 1. The number of amidine groups is 1. The number of aryl methyl sites for hydroxylation is 1. The molecule has 2 aromatic rings. The van der Waals surface area contributed by atoms with Gasteiger partial charge in [-0.15, -0.1) is 11.3 Å². The Hall–Kier alpha value is -1.88. The Bertz CT molecular complexity index is 547. The summed E-state index contributed by atoms with van der Waals surface area (Å²) in [6.45, 7) is 1.97. The molecule has 0 radical (unpaired) electrons. The van der Waals surface area contributed by atoms with Crippen molar-refractivity contribution in [2.24, 2.45) is 5.73 Å². The predicted molar refractivity (Wildman–Crippen MR) is 72.4 cm³/mol. The van der Waals surface area contributed by atoms with Crippen LogP contribution in [0.15, 0.2) is 29.6 Å². The molecule has 1 aromatic heterocycles. The van der Waals surface area contributed by atoms with Crippen molar-refractivity contribution in [2.75, 3.05) is 11.9 Å². The van der Waals surface area contributed by atoms with E-state index in [4.69, 9.17) is 11.1 Å². The number of anilines is 2. The Morgan fingerprint density at radius 3 is 2.82 bits per heavy atom. The Morgan fingerprint density at radius 2 is 2.24 bits per heavy atom. The van der Waals surface area contributed by atoms with Gasteiger partial charge in [-0.3, -0.25) is 5.41 Å². The van der Waals surface area contributed by atoms with Gasteiger partial charge < -0.3 is 10.6 Å². The average molecular weight is 246 g/mol. The molecule has 0 saturated carbocycles. The third-order valence-electron chi connectivity index (χ3n) is 2.44. The molecule has 0 amide bonds. The van der Waals surface area contributed by atoms with Crippen LogP contribution in [0.2, 0.25) is 0 Å². The van der Waals surface area contributed by atoms with Crippen molar-refractivity contribution < 1.29 is 0 Å². The maximum atomic E-state index is 7.43. The molecule has 5 heteroatoms. The van der Waals surface area contributed by atoms with Crippen LogP contribution in [0.1, 0.15) is 11.3 Å². The molecule has 0 saturated heterocycles. The second-order valence-corrected chi connectivity index (χ2v) is 4.63. The lowest BCUT2D eigenvalue weighted by molar-refractivity contribution is 1.14. The maximum absolute atomic E-state index is 7.43. The highest BCUT2D eigenvalue weighted by atomic mass is 32.1. The summed E-state index contributed by atoms with van der Waals surface area (Å²) in [6.07, 6.45) is 0. The molecule has 1 aromatic carbocycles. The van der Waals surface area contributed by atoms with Crippen LogP contribution in [-0.4, -0.2) is 17.9 Å². The van der Waals surface area contributed by atoms with E-state index >= 15 is 0 Å². The van der Waals surface area contributed by atoms with Crippen molar-refractivity contribution in [1.29, 1.82) is 5.41 Å². The molecule has 3 N–H and O–H groups in total. The topological polar surface area (TPSA) is 66.0 Å². The van der Waals surface area contributed by atoms with Crippen LogP contribution in [0, 0.1) is 12.3 Å². The molecule has 0 aliphatic rings. The van der Waals surface area contributed by atoms with Gasteiger partial charge in [0, 0.05) is 23.7 Å². The normalized spacial score (nSPS) is 10.2. The molecule has 88 valence electrons. The van der Waals surface area contributed by atoms with Crippen molar-refractivity contribution in [2.45, 2.75) is 6.92 Å². The fourth-order valence-corrected chi connectivity index (χ4v) is 2.28. The van der Waals surface area contributed by atoms with Crippen molar-refractivity contribution >= 4 is 28.0 Å². The minimum absolute atomic E-state index is 0.0792. The van der Waals surface area contributed by atoms with Crippen LogP contribution in [0.5, 0.6) is 0 Å². The van der Waals surface area contributed by atoms with Gasteiger partial charge >= 0.3 is 0 Å². The second kappa shape index (κ2) is 4.55. The number of hydrogen-bond donors (Lipinski definition) is 2. The summed E-state index contributed by atoms with van der Waals surface area (Å²) in [7, 11) is 1.96. The Morgan fingerprint density at radius 1 is 1.47 bits per heavy atom. The van der Waals surface area contributed by atoms with E-state index in [9.17, 15) is 0 Å². The van der Waals surface area contributed by atoms with E-state index in [1.54, 1.807) is 11.3 Å². The van der Waals surface area contributed by atoms with Crippen LogP contribution < -0.4 is 10.6 Å². The van der Waals surface area contributed by atoms with Gasteiger partial charge in [-0.2, -0.15) is 0 Å². The zero-order valence-corrected chi connectivity index (χ0v) is 10.6. The zero-order chi connectivity index (χ0) is 12.4. The van der Waals surface area contributed by atoms with Crippen LogP contribution in [0.3, 0.4) is 0 Å². The van der Waals surface area contributed by atoms with Gasteiger partial charge in [0.25, 0.3) is 0 Å². The zero-order valence-electron chi connectivity index (χ0n) is 9.77. The molecule has 4 nitrogen and oxygen atoms in total. The molecular weight excluding hydrogens is 232 g/mol. The molecule has 1 heterocycles. The third kappa shape index (κ3) is 2.45. The second-order valence-electron chi connectivity index (χ2n) is 3.79. The summed E-state index contributed by atoms with van der Waals surface area (Å²) in [4.78, 5) is 6.41. The number of nitrogens with zero attached hydrogens (tertiary/aromatic N) is 2. The molecule has 0 spiro atoms. The van der Waals surface area contributed by atoms with E-state index in [2.05, 4.69) is 4.98 Å². The first-order chi connectivity index (χ1) is 8.08. The lowest BCUT2D eigenvalue weighted by Crippen LogP contribution is -2.13. The number of nitrogen functional groups attached to an aromatic ring is 1. The Kier molecular flexibility index (Phi) is 3.10. The number of thiazole rings is 1. The van der Waals surface area contributed by atoms with Crippen molar-refractivity contribution in [3.8, 4) is 0 Å². The quantitative estimate of drug-likeness (QED) is 0.646. The summed E-state index contributed by atoms with van der Waals surface area (Å²) in [5.41, 5.74) is 8.19. The molecule has 0 unspecified atom stereocenters. The van der Waals surface area contributed by atoms with Crippen LogP contribution >= 0.6 is 11.3 Å². The third-order valence-corrected chi connectivity index (χ3v) is 3.47. The summed E-state index contributed by atoms with van der Waals surface area (Å²) in [6, 6.07) is 7.58. The molecular formula is C12H14N4S. The minimum atomic E-state index is 0.0792. The Balaban J connectivity index is 2.33. The average Bonchev–Trinajstić information content (AvgIpc) is 2.75. The molecule has 0 bridgehead atoms. The molecule has 0 aliphatic heterocycles. The first-order valence-electron chi connectivity index (χ1n) is 5.18. The molecule has 0 atom stereocenters. The van der Waals surface area contributed by atoms with Gasteiger partial charge in [-0.1, -0.05) is 12.1 Å². The van der Waals surface area contributed by atoms with Crippen LogP contribution in [0.25, 0.3) is 0 Å². The van der Waals surface area contributed by atoms with E-state index in [1.165, 1.54) is 0 Å². The lowest BCUT2D eigenvalue weighted by Gasteiger charge is -2.16. The largest absolute Gasteiger partial charge is 0.384 e. The summed E-state index contributed by atoms with van der Waals surface area (Å²) >= 11 is 1.60. The van der Waals surface area contributed by atoms with Crippen LogP contribution in [0.4, 0.5) is 10.8 Å². The highest BCUT2D eigenvalue weighted by Crippen LogP contribution is 2.27. The molecule has 2 rings (SSSR count). The van der Waals surface area contributed by atoms with E-state index in [0.29, 0.717) is 0 Å². The van der Waals surface area contributed by atoms with Gasteiger partial charge in [0.2, 0.25) is 0 Å².